The van der Waals surface area contributed by atoms with Crippen molar-refractivity contribution in [3.63, 3.8) is 0 Å². The summed E-state index contributed by atoms with van der Waals surface area (Å²) in [6.45, 7) is 1.48. The molecule has 0 bridgehead atoms. The highest BCUT2D eigenvalue weighted by Gasteiger charge is 2.16. The van der Waals surface area contributed by atoms with Gasteiger partial charge in [0.15, 0.2) is 11.5 Å². The molecule has 4 rings (SSSR count). The second-order valence-electron chi connectivity index (χ2n) is 5.31. The lowest BCUT2D eigenvalue weighted by molar-refractivity contribution is -0.131. The standard InChI is InChI=1S/C18H12O6/c1-10(19)23-13-4-2-12-6-14(18(20)24-16(12)8-13)11-3-5-15-17(7-11)22-9-21-15/h2-8H,9H2,1H3. The lowest BCUT2D eigenvalue weighted by Gasteiger charge is -2.05. The van der Waals surface area contributed by atoms with Crippen molar-refractivity contribution in [3.05, 3.63) is 52.9 Å². The summed E-state index contributed by atoms with van der Waals surface area (Å²) < 4.78 is 21.0. The van der Waals surface area contributed by atoms with Crippen molar-refractivity contribution in [2.45, 2.75) is 6.92 Å². The van der Waals surface area contributed by atoms with E-state index in [2.05, 4.69) is 0 Å². The van der Waals surface area contributed by atoms with Gasteiger partial charge in [0.25, 0.3) is 0 Å². The summed E-state index contributed by atoms with van der Waals surface area (Å²) >= 11 is 0. The van der Waals surface area contributed by atoms with Crippen LogP contribution >= 0.6 is 0 Å². The number of ether oxygens (including phenoxy) is 3. The van der Waals surface area contributed by atoms with Gasteiger partial charge in [-0.2, -0.15) is 0 Å². The van der Waals surface area contributed by atoms with Crippen LogP contribution in [0.1, 0.15) is 6.92 Å². The van der Waals surface area contributed by atoms with Crippen LogP contribution in [0.25, 0.3) is 22.1 Å². The van der Waals surface area contributed by atoms with Gasteiger partial charge < -0.3 is 18.6 Å². The van der Waals surface area contributed by atoms with Gasteiger partial charge in [-0.1, -0.05) is 6.07 Å². The molecule has 0 radical (unpaired) electrons. The molecule has 6 heteroatoms. The molecule has 0 unspecified atom stereocenters. The van der Waals surface area contributed by atoms with Crippen LogP contribution in [-0.4, -0.2) is 12.8 Å². The van der Waals surface area contributed by atoms with E-state index in [1.54, 1.807) is 36.4 Å². The topological polar surface area (TPSA) is 75.0 Å². The largest absolute Gasteiger partial charge is 0.454 e. The number of carbonyl (C=O) groups is 1. The first-order valence-corrected chi connectivity index (χ1v) is 7.26. The quantitative estimate of drug-likeness (QED) is 0.409. The van der Waals surface area contributed by atoms with Crippen molar-refractivity contribution >= 4 is 16.9 Å². The summed E-state index contributed by atoms with van der Waals surface area (Å²) in [7, 11) is 0. The number of rotatable bonds is 2. The summed E-state index contributed by atoms with van der Waals surface area (Å²) in [5, 5.41) is 0.721. The molecule has 3 aromatic rings. The van der Waals surface area contributed by atoms with Crippen LogP contribution in [-0.2, 0) is 4.79 Å². The van der Waals surface area contributed by atoms with E-state index in [-0.39, 0.29) is 6.79 Å². The maximum absolute atomic E-state index is 12.3. The SMILES string of the molecule is CC(=O)Oc1ccc2cc(-c3ccc4c(c3)OCO4)c(=O)oc2c1. The monoisotopic (exact) mass is 324 g/mol. The minimum absolute atomic E-state index is 0.171. The molecule has 0 atom stereocenters. The molecule has 0 amide bonds. The van der Waals surface area contributed by atoms with E-state index in [4.69, 9.17) is 18.6 Å². The van der Waals surface area contributed by atoms with Gasteiger partial charge >= 0.3 is 11.6 Å². The van der Waals surface area contributed by atoms with Crippen LogP contribution in [0.15, 0.2) is 51.7 Å². The predicted molar refractivity (Wildman–Crippen MR) is 85.4 cm³/mol. The van der Waals surface area contributed by atoms with E-state index < -0.39 is 11.6 Å². The Morgan fingerprint density at radius 2 is 1.88 bits per heavy atom. The zero-order chi connectivity index (χ0) is 16.7. The first-order valence-electron chi connectivity index (χ1n) is 7.26. The minimum Gasteiger partial charge on any atom is -0.454 e. The van der Waals surface area contributed by atoms with Crippen LogP contribution in [0.3, 0.4) is 0 Å². The second-order valence-corrected chi connectivity index (χ2v) is 5.31. The smallest absolute Gasteiger partial charge is 0.344 e. The average molecular weight is 324 g/mol. The number of fused-ring (bicyclic) bond motifs is 2. The summed E-state index contributed by atoms with van der Waals surface area (Å²) in [6.07, 6.45) is 0. The Hall–Kier alpha value is -3.28. The number of benzene rings is 2. The molecule has 0 saturated heterocycles. The highest BCUT2D eigenvalue weighted by molar-refractivity contribution is 5.84. The number of carbonyl (C=O) groups excluding carboxylic acids is 1. The molecule has 24 heavy (non-hydrogen) atoms. The van der Waals surface area contributed by atoms with Crippen LogP contribution in [0.5, 0.6) is 17.2 Å². The van der Waals surface area contributed by atoms with E-state index in [0.717, 1.165) is 5.39 Å². The molecule has 1 aliphatic heterocycles. The van der Waals surface area contributed by atoms with Gasteiger partial charge in [0.2, 0.25) is 6.79 Å². The lowest BCUT2D eigenvalue weighted by Crippen LogP contribution is -2.04. The number of esters is 1. The Morgan fingerprint density at radius 3 is 2.71 bits per heavy atom. The molecule has 0 saturated carbocycles. The lowest BCUT2D eigenvalue weighted by atomic mass is 10.1. The van der Waals surface area contributed by atoms with Crippen molar-refractivity contribution in [1.82, 2.24) is 0 Å². The van der Waals surface area contributed by atoms with Crippen LogP contribution in [0.4, 0.5) is 0 Å². The fourth-order valence-corrected chi connectivity index (χ4v) is 2.59. The van der Waals surface area contributed by atoms with Gasteiger partial charge in [0, 0.05) is 18.4 Å². The highest BCUT2D eigenvalue weighted by Crippen LogP contribution is 2.35. The summed E-state index contributed by atoms with van der Waals surface area (Å²) in [5.74, 6) is 1.13. The fourth-order valence-electron chi connectivity index (χ4n) is 2.59. The van der Waals surface area contributed by atoms with Crippen LogP contribution in [0, 0.1) is 0 Å². The summed E-state index contributed by atoms with van der Waals surface area (Å²) in [5.41, 5.74) is 0.963. The van der Waals surface area contributed by atoms with E-state index >= 15 is 0 Å². The molecule has 0 aliphatic carbocycles. The number of hydrogen-bond donors (Lipinski definition) is 0. The Balaban J connectivity index is 1.81. The second kappa shape index (κ2) is 5.42. The van der Waals surface area contributed by atoms with Gasteiger partial charge in [-0.3, -0.25) is 4.79 Å². The number of hydrogen-bond acceptors (Lipinski definition) is 6. The van der Waals surface area contributed by atoms with E-state index in [1.807, 2.05) is 0 Å². The molecule has 2 aromatic carbocycles. The van der Waals surface area contributed by atoms with Crippen molar-refractivity contribution in [1.29, 1.82) is 0 Å². The van der Waals surface area contributed by atoms with Gasteiger partial charge in [0.1, 0.15) is 11.3 Å². The molecule has 6 nitrogen and oxygen atoms in total. The van der Waals surface area contributed by atoms with Crippen molar-refractivity contribution in [2.24, 2.45) is 0 Å². The third-order valence-corrected chi connectivity index (χ3v) is 3.65. The van der Waals surface area contributed by atoms with Gasteiger partial charge in [-0.15, -0.1) is 0 Å². The van der Waals surface area contributed by atoms with Crippen molar-refractivity contribution < 1.29 is 23.4 Å². The minimum atomic E-state index is -0.485. The molecule has 0 fully saturated rings. The van der Waals surface area contributed by atoms with Gasteiger partial charge in [0.05, 0.1) is 5.56 Å². The molecular formula is C18H12O6. The van der Waals surface area contributed by atoms with Crippen molar-refractivity contribution in [3.8, 4) is 28.4 Å². The maximum Gasteiger partial charge on any atom is 0.344 e. The molecule has 0 spiro atoms. The summed E-state index contributed by atoms with van der Waals surface area (Å²) in [4.78, 5) is 23.3. The van der Waals surface area contributed by atoms with E-state index in [0.29, 0.717) is 34.0 Å². The first-order chi connectivity index (χ1) is 11.6. The zero-order valence-corrected chi connectivity index (χ0v) is 12.7. The van der Waals surface area contributed by atoms with Gasteiger partial charge in [-0.25, -0.2) is 4.79 Å². The normalized spacial score (nSPS) is 12.4. The molecule has 2 heterocycles. The molecular weight excluding hydrogens is 312 g/mol. The van der Waals surface area contributed by atoms with Crippen molar-refractivity contribution in [2.75, 3.05) is 6.79 Å². The van der Waals surface area contributed by atoms with Crippen LogP contribution in [0.2, 0.25) is 0 Å². The predicted octanol–water partition coefficient (Wildman–Crippen LogP) is 3.11. The Bertz CT molecular complexity index is 1020. The third-order valence-electron chi connectivity index (χ3n) is 3.65. The molecule has 0 N–H and O–H groups in total. The first kappa shape index (κ1) is 14.3. The highest BCUT2D eigenvalue weighted by atomic mass is 16.7. The Morgan fingerprint density at radius 1 is 1.04 bits per heavy atom. The van der Waals surface area contributed by atoms with Crippen LogP contribution < -0.4 is 19.8 Å². The maximum atomic E-state index is 12.3. The van der Waals surface area contributed by atoms with E-state index in [1.165, 1.54) is 13.0 Å². The third kappa shape index (κ3) is 2.48. The summed E-state index contributed by atoms with van der Waals surface area (Å²) in [6, 6.07) is 11.9. The average Bonchev–Trinajstić information content (AvgIpc) is 3.01. The fraction of sp³-hybridized carbons (Fsp3) is 0.111. The Labute approximate surface area is 136 Å². The molecule has 120 valence electrons. The zero-order valence-electron chi connectivity index (χ0n) is 12.7. The Kier molecular flexibility index (Phi) is 3.23. The van der Waals surface area contributed by atoms with Gasteiger partial charge in [-0.05, 0) is 35.9 Å². The molecule has 1 aromatic heterocycles. The molecule has 1 aliphatic rings. The van der Waals surface area contributed by atoms with E-state index in [9.17, 15) is 9.59 Å².